The molecule has 2 rings (SSSR count). The highest BCUT2D eigenvalue weighted by Crippen LogP contribution is 2.18. The van der Waals surface area contributed by atoms with Gasteiger partial charge in [-0.15, -0.1) is 12.4 Å². The first-order valence-corrected chi connectivity index (χ1v) is 6.64. The number of carbonyl (C=O) groups excluding carboxylic acids is 1. The smallest absolute Gasteiger partial charge is 0.246 e. The first-order chi connectivity index (χ1) is 9.61. The molecule has 4 nitrogen and oxygen atoms in total. The fourth-order valence-electron chi connectivity index (χ4n) is 2.22. The van der Waals surface area contributed by atoms with Gasteiger partial charge >= 0.3 is 0 Å². The quantitative estimate of drug-likeness (QED) is 0.869. The van der Waals surface area contributed by atoms with Crippen LogP contribution in [0.3, 0.4) is 0 Å². The molecule has 1 heterocycles. The second-order valence-electron chi connectivity index (χ2n) is 4.81. The van der Waals surface area contributed by atoms with Crippen molar-refractivity contribution in [3.63, 3.8) is 0 Å². The number of methoxy groups -OCH3 is 1. The van der Waals surface area contributed by atoms with Gasteiger partial charge in [0.2, 0.25) is 5.91 Å². The van der Waals surface area contributed by atoms with E-state index in [1.165, 1.54) is 19.3 Å². The van der Waals surface area contributed by atoms with Crippen molar-refractivity contribution in [2.75, 3.05) is 26.7 Å². The summed E-state index contributed by atoms with van der Waals surface area (Å²) < 4.78 is 18.4. The van der Waals surface area contributed by atoms with Gasteiger partial charge in [0.1, 0.15) is 0 Å². The molecule has 1 aliphatic rings. The third-order valence-corrected chi connectivity index (χ3v) is 3.38. The number of hydrogen-bond donors (Lipinski definition) is 1. The van der Waals surface area contributed by atoms with E-state index in [4.69, 9.17) is 4.74 Å². The van der Waals surface area contributed by atoms with Crippen LogP contribution in [0.1, 0.15) is 12.5 Å². The minimum Gasteiger partial charge on any atom is -0.494 e. The van der Waals surface area contributed by atoms with Crippen molar-refractivity contribution in [2.24, 2.45) is 0 Å². The monoisotopic (exact) mass is 314 g/mol. The van der Waals surface area contributed by atoms with Crippen LogP contribution in [-0.4, -0.2) is 43.6 Å². The number of piperazine rings is 1. The van der Waals surface area contributed by atoms with Crippen LogP contribution in [0.15, 0.2) is 24.3 Å². The Morgan fingerprint density at radius 1 is 1.52 bits per heavy atom. The highest BCUT2D eigenvalue weighted by Gasteiger charge is 2.20. The van der Waals surface area contributed by atoms with Crippen molar-refractivity contribution >= 4 is 24.4 Å². The van der Waals surface area contributed by atoms with Crippen molar-refractivity contribution < 1.29 is 13.9 Å². The molecule has 0 bridgehead atoms. The Kier molecular flexibility index (Phi) is 6.65. The molecule has 1 N–H and O–H groups in total. The molecule has 1 unspecified atom stereocenters. The average Bonchev–Trinajstić information content (AvgIpc) is 2.45. The second-order valence-corrected chi connectivity index (χ2v) is 4.81. The molecule has 1 aromatic rings. The fourth-order valence-corrected chi connectivity index (χ4v) is 2.22. The molecule has 0 spiro atoms. The summed E-state index contributed by atoms with van der Waals surface area (Å²) in [6.07, 6.45) is 3.11. The number of nitrogens with zero attached hydrogens (tertiary/aromatic N) is 1. The zero-order chi connectivity index (χ0) is 14.5. The maximum atomic E-state index is 13.5. The molecule has 0 aliphatic carbocycles. The summed E-state index contributed by atoms with van der Waals surface area (Å²) in [7, 11) is 1.42. The Morgan fingerprint density at radius 2 is 2.29 bits per heavy atom. The van der Waals surface area contributed by atoms with Crippen LogP contribution in [0.5, 0.6) is 5.75 Å². The van der Waals surface area contributed by atoms with Crippen LogP contribution in [-0.2, 0) is 4.79 Å². The number of halogens is 2. The number of amides is 1. The van der Waals surface area contributed by atoms with E-state index in [0.717, 1.165) is 13.1 Å². The Labute approximate surface area is 130 Å². The lowest BCUT2D eigenvalue weighted by Crippen LogP contribution is -2.51. The molecule has 1 fully saturated rings. The molecular formula is C15H20ClFN2O2. The van der Waals surface area contributed by atoms with E-state index in [0.29, 0.717) is 12.1 Å². The molecule has 6 heteroatoms. The minimum absolute atomic E-state index is 0. The summed E-state index contributed by atoms with van der Waals surface area (Å²) in [5, 5.41) is 3.23. The summed E-state index contributed by atoms with van der Waals surface area (Å²) in [6, 6.07) is 4.79. The van der Waals surface area contributed by atoms with Crippen LogP contribution >= 0.6 is 12.4 Å². The average molecular weight is 315 g/mol. The van der Waals surface area contributed by atoms with Crippen molar-refractivity contribution in [1.82, 2.24) is 10.2 Å². The van der Waals surface area contributed by atoms with Gasteiger partial charge < -0.3 is 15.0 Å². The van der Waals surface area contributed by atoms with Crippen LogP contribution in [0.25, 0.3) is 6.08 Å². The van der Waals surface area contributed by atoms with Gasteiger partial charge in [0.25, 0.3) is 0 Å². The Morgan fingerprint density at radius 3 is 2.90 bits per heavy atom. The van der Waals surface area contributed by atoms with Gasteiger partial charge in [-0.05, 0) is 30.7 Å². The van der Waals surface area contributed by atoms with Crippen LogP contribution in [0, 0.1) is 5.82 Å². The van der Waals surface area contributed by atoms with Gasteiger partial charge in [0.05, 0.1) is 7.11 Å². The molecule has 1 amide bonds. The highest BCUT2D eigenvalue weighted by atomic mass is 35.5. The van der Waals surface area contributed by atoms with Gasteiger partial charge in [0, 0.05) is 31.8 Å². The number of carbonyl (C=O) groups is 1. The zero-order valence-corrected chi connectivity index (χ0v) is 13.0. The molecule has 0 aromatic heterocycles. The molecule has 1 atom stereocenters. The van der Waals surface area contributed by atoms with E-state index in [1.54, 1.807) is 18.2 Å². The maximum absolute atomic E-state index is 13.5. The molecule has 0 saturated carbocycles. The van der Waals surface area contributed by atoms with Crippen molar-refractivity contribution in [2.45, 2.75) is 13.0 Å². The lowest BCUT2D eigenvalue weighted by Gasteiger charge is -2.33. The lowest BCUT2D eigenvalue weighted by molar-refractivity contribution is -0.128. The summed E-state index contributed by atoms with van der Waals surface area (Å²) >= 11 is 0. The topological polar surface area (TPSA) is 41.6 Å². The highest BCUT2D eigenvalue weighted by molar-refractivity contribution is 5.92. The van der Waals surface area contributed by atoms with Gasteiger partial charge in [-0.1, -0.05) is 6.07 Å². The molecule has 0 radical (unpaired) electrons. The van der Waals surface area contributed by atoms with E-state index in [2.05, 4.69) is 5.32 Å². The molecular weight excluding hydrogens is 295 g/mol. The minimum atomic E-state index is -0.433. The van der Waals surface area contributed by atoms with Gasteiger partial charge in [-0.25, -0.2) is 4.39 Å². The van der Waals surface area contributed by atoms with Crippen molar-refractivity contribution in [3.05, 3.63) is 35.7 Å². The molecule has 21 heavy (non-hydrogen) atoms. The normalized spacial score (nSPS) is 18.4. The largest absolute Gasteiger partial charge is 0.494 e. The van der Waals surface area contributed by atoms with Gasteiger partial charge in [-0.3, -0.25) is 4.79 Å². The SMILES string of the molecule is COc1ccc(/C=C/C(=O)N2CCNCC2C)cc1F.Cl. The van der Waals surface area contributed by atoms with Crippen molar-refractivity contribution in [3.8, 4) is 5.75 Å². The Bertz CT molecular complexity index is 522. The predicted octanol–water partition coefficient (Wildman–Crippen LogP) is 2.09. The van der Waals surface area contributed by atoms with Gasteiger partial charge in [-0.2, -0.15) is 0 Å². The number of ether oxygens (including phenoxy) is 1. The lowest BCUT2D eigenvalue weighted by atomic mass is 10.1. The van der Waals surface area contributed by atoms with Crippen LogP contribution < -0.4 is 10.1 Å². The summed E-state index contributed by atoms with van der Waals surface area (Å²) in [5.41, 5.74) is 0.638. The first kappa shape index (κ1) is 17.5. The summed E-state index contributed by atoms with van der Waals surface area (Å²) in [6.45, 7) is 4.31. The second kappa shape index (κ2) is 8.00. The third kappa shape index (κ3) is 4.44. The van der Waals surface area contributed by atoms with E-state index >= 15 is 0 Å². The zero-order valence-electron chi connectivity index (χ0n) is 12.1. The molecule has 1 aliphatic heterocycles. The number of rotatable bonds is 3. The summed E-state index contributed by atoms with van der Waals surface area (Å²) in [4.78, 5) is 13.9. The number of nitrogens with one attached hydrogen (secondary N) is 1. The van der Waals surface area contributed by atoms with Gasteiger partial charge in [0.15, 0.2) is 11.6 Å². The predicted molar refractivity (Wildman–Crippen MR) is 83.3 cm³/mol. The number of benzene rings is 1. The van der Waals surface area contributed by atoms with E-state index in [9.17, 15) is 9.18 Å². The molecule has 116 valence electrons. The van der Waals surface area contributed by atoms with Crippen molar-refractivity contribution in [1.29, 1.82) is 0 Å². The maximum Gasteiger partial charge on any atom is 0.246 e. The Hall–Kier alpha value is -1.59. The van der Waals surface area contributed by atoms with E-state index in [-0.39, 0.29) is 30.1 Å². The third-order valence-electron chi connectivity index (χ3n) is 3.38. The van der Waals surface area contributed by atoms with E-state index in [1.807, 2.05) is 11.8 Å². The Balaban J connectivity index is 0.00000220. The summed E-state index contributed by atoms with van der Waals surface area (Å²) in [5.74, 6) is -0.280. The van der Waals surface area contributed by atoms with Crippen LogP contribution in [0.4, 0.5) is 4.39 Å². The first-order valence-electron chi connectivity index (χ1n) is 6.64. The number of hydrogen-bond acceptors (Lipinski definition) is 3. The molecule has 1 aromatic carbocycles. The standard InChI is InChI=1S/C15H19FN2O2.ClH/c1-11-10-17-7-8-18(11)15(19)6-4-12-3-5-14(20-2)13(16)9-12;/h3-6,9,11,17H,7-8,10H2,1-2H3;1H/b6-4+;. The molecule has 1 saturated heterocycles. The van der Waals surface area contributed by atoms with Crippen LogP contribution in [0.2, 0.25) is 0 Å². The van der Waals surface area contributed by atoms with E-state index < -0.39 is 5.82 Å². The fraction of sp³-hybridized carbons (Fsp3) is 0.400.